The van der Waals surface area contributed by atoms with Crippen molar-refractivity contribution in [3.63, 3.8) is 0 Å². The number of aromatic nitrogens is 1. The van der Waals surface area contributed by atoms with E-state index in [9.17, 15) is 4.79 Å². The topological polar surface area (TPSA) is 62.2 Å². The van der Waals surface area contributed by atoms with Crippen molar-refractivity contribution >= 4 is 5.91 Å². The van der Waals surface area contributed by atoms with E-state index in [0.29, 0.717) is 12.1 Å². The number of carbonyl (C=O) groups excluding carboxylic acids is 1. The minimum absolute atomic E-state index is 0.00950. The number of hydrogen-bond donors (Lipinski definition) is 2. The zero-order valence-electron chi connectivity index (χ0n) is 12.3. The van der Waals surface area contributed by atoms with E-state index in [2.05, 4.69) is 24.1 Å². The summed E-state index contributed by atoms with van der Waals surface area (Å²) < 4.78 is 0. The average Bonchev–Trinajstić information content (AvgIpc) is 2.34. The predicted molar refractivity (Wildman–Crippen MR) is 76.1 cm³/mol. The number of pyridine rings is 1. The largest absolute Gasteiger partial charge is 0.396 e. The number of rotatable bonds is 6. The Morgan fingerprint density at radius 2 is 2.05 bits per heavy atom. The Morgan fingerprint density at radius 3 is 2.63 bits per heavy atom. The van der Waals surface area contributed by atoms with Gasteiger partial charge in [0.15, 0.2) is 0 Å². The van der Waals surface area contributed by atoms with E-state index in [4.69, 9.17) is 5.11 Å². The lowest BCUT2D eigenvalue weighted by molar-refractivity contribution is 0.0932. The molecule has 106 valence electrons. The van der Waals surface area contributed by atoms with Gasteiger partial charge in [0.25, 0.3) is 5.91 Å². The van der Waals surface area contributed by atoms with Gasteiger partial charge in [-0.05, 0) is 44.2 Å². The molecule has 0 saturated carbocycles. The van der Waals surface area contributed by atoms with E-state index >= 15 is 0 Å². The number of nitrogens with zero attached hydrogens (tertiary/aromatic N) is 1. The molecule has 1 aromatic rings. The highest BCUT2D eigenvalue weighted by Gasteiger charge is 2.19. The Hall–Kier alpha value is -1.42. The zero-order chi connectivity index (χ0) is 14.5. The maximum Gasteiger partial charge on any atom is 0.253 e. The van der Waals surface area contributed by atoms with Crippen LogP contribution in [0.5, 0.6) is 0 Å². The van der Waals surface area contributed by atoms with E-state index in [1.165, 1.54) is 0 Å². The number of aliphatic hydroxyl groups is 1. The molecule has 19 heavy (non-hydrogen) atoms. The van der Waals surface area contributed by atoms with Gasteiger partial charge in [-0.1, -0.05) is 13.8 Å². The second-order valence-electron chi connectivity index (χ2n) is 5.76. The first-order valence-electron chi connectivity index (χ1n) is 6.69. The highest BCUT2D eigenvalue weighted by atomic mass is 16.2. The van der Waals surface area contributed by atoms with Gasteiger partial charge < -0.3 is 10.4 Å². The number of aryl methyl sites for hydroxylation is 2. The molecule has 0 spiro atoms. The normalized spacial score (nSPS) is 11.4. The van der Waals surface area contributed by atoms with Crippen LogP contribution in [-0.2, 0) is 0 Å². The Morgan fingerprint density at radius 1 is 1.37 bits per heavy atom. The van der Waals surface area contributed by atoms with Crippen molar-refractivity contribution in [3.05, 3.63) is 29.1 Å². The van der Waals surface area contributed by atoms with E-state index in [-0.39, 0.29) is 17.9 Å². The van der Waals surface area contributed by atoms with Gasteiger partial charge in [0.2, 0.25) is 0 Å². The lowest BCUT2D eigenvalue weighted by Gasteiger charge is -2.24. The summed E-state index contributed by atoms with van der Waals surface area (Å²) in [5.41, 5.74) is 2.29. The molecule has 1 rings (SSSR count). The van der Waals surface area contributed by atoms with Crippen molar-refractivity contribution in [1.82, 2.24) is 10.3 Å². The summed E-state index contributed by atoms with van der Waals surface area (Å²) in [6.45, 7) is 8.72. The summed E-state index contributed by atoms with van der Waals surface area (Å²) in [6, 6.07) is 3.66. The summed E-state index contributed by atoms with van der Waals surface area (Å²) in [5, 5.41) is 11.8. The molecule has 0 fully saturated rings. The first kappa shape index (κ1) is 15.6. The highest BCUT2D eigenvalue weighted by Crippen LogP contribution is 2.21. The van der Waals surface area contributed by atoms with Crippen molar-refractivity contribution in [3.8, 4) is 0 Å². The van der Waals surface area contributed by atoms with Crippen LogP contribution in [0.2, 0.25) is 0 Å². The van der Waals surface area contributed by atoms with E-state index in [1.54, 1.807) is 0 Å². The third-order valence-corrected chi connectivity index (χ3v) is 3.21. The van der Waals surface area contributed by atoms with Gasteiger partial charge in [0, 0.05) is 18.8 Å². The van der Waals surface area contributed by atoms with Gasteiger partial charge >= 0.3 is 0 Å². The molecule has 0 bridgehead atoms. The molecule has 0 radical (unpaired) electrons. The quantitative estimate of drug-likeness (QED) is 0.828. The van der Waals surface area contributed by atoms with Crippen LogP contribution in [0.3, 0.4) is 0 Å². The van der Waals surface area contributed by atoms with Crippen molar-refractivity contribution < 1.29 is 9.90 Å². The molecule has 0 unspecified atom stereocenters. The Labute approximate surface area is 115 Å². The molecule has 1 heterocycles. The van der Waals surface area contributed by atoms with E-state index in [0.717, 1.165) is 24.2 Å². The summed E-state index contributed by atoms with van der Waals surface area (Å²) in [5.74, 6) is -0.0814. The van der Waals surface area contributed by atoms with Crippen molar-refractivity contribution in [2.75, 3.05) is 13.2 Å². The van der Waals surface area contributed by atoms with Gasteiger partial charge in [-0.25, -0.2) is 0 Å². The molecule has 0 aliphatic carbocycles. The van der Waals surface area contributed by atoms with E-state index < -0.39 is 0 Å². The molecule has 0 aliphatic heterocycles. The van der Waals surface area contributed by atoms with Crippen LogP contribution in [0, 0.1) is 19.3 Å². The monoisotopic (exact) mass is 264 g/mol. The van der Waals surface area contributed by atoms with Gasteiger partial charge in [0.1, 0.15) is 0 Å². The van der Waals surface area contributed by atoms with Crippen LogP contribution in [0.25, 0.3) is 0 Å². The maximum atomic E-state index is 12.1. The Kier molecular flexibility index (Phi) is 5.48. The van der Waals surface area contributed by atoms with Crippen molar-refractivity contribution in [2.45, 2.75) is 40.5 Å². The van der Waals surface area contributed by atoms with Crippen LogP contribution >= 0.6 is 0 Å². The molecule has 0 aliphatic rings. The lowest BCUT2D eigenvalue weighted by atomic mass is 9.88. The molecular weight excluding hydrogens is 240 g/mol. The van der Waals surface area contributed by atoms with E-state index in [1.807, 2.05) is 26.0 Å². The Balaban J connectivity index is 2.60. The minimum atomic E-state index is -0.0814. The summed E-state index contributed by atoms with van der Waals surface area (Å²) in [7, 11) is 0. The van der Waals surface area contributed by atoms with Gasteiger partial charge in [-0.2, -0.15) is 0 Å². The third-order valence-electron chi connectivity index (χ3n) is 3.21. The van der Waals surface area contributed by atoms with Crippen LogP contribution in [-0.4, -0.2) is 29.1 Å². The smallest absolute Gasteiger partial charge is 0.253 e. The van der Waals surface area contributed by atoms with Crippen LogP contribution in [0.15, 0.2) is 12.1 Å². The number of hydrogen-bond acceptors (Lipinski definition) is 3. The SMILES string of the molecule is Cc1ccc(C(=O)NCC(C)(C)CCCO)c(C)n1. The number of carbonyl (C=O) groups is 1. The maximum absolute atomic E-state index is 12.1. The molecule has 4 heteroatoms. The van der Waals surface area contributed by atoms with Gasteiger partial charge in [-0.15, -0.1) is 0 Å². The van der Waals surface area contributed by atoms with Crippen molar-refractivity contribution in [2.24, 2.45) is 5.41 Å². The summed E-state index contributed by atoms with van der Waals surface area (Å²) in [6.07, 6.45) is 1.64. The minimum Gasteiger partial charge on any atom is -0.396 e. The van der Waals surface area contributed by atoms with Gasteiger partial charge in [-0.3, -0.25) is 9.78 Å². The van der Waals surface area contributed by atoms with Gasteiger partial charge in [0.05, 0.1) is 11.3 Å². The molecule has 0 atom stereocenters. The fraction of sp³-hybridized carbons (Fsp3) is 0.600. The first-order chi connectivity index (χ1) is 8.85. The molecule has 1 amide bonds. The highest BCUT2D eigenvalue weighted by molar-refractivity contribution is 5.95. The second kappa shape index (κ2) is 6.66. The fourth-order valence-electron chi connectivity index (χ4n) is 1.99. The van der Waals surface area contributed by atoms with Crippen LogP contribution < -0.4 is 5.32 Å². The lowest BCUT2D eigenvalue weighted by Crippen LogP contribution is -2.34. The summed E-state index contributed by atoms with van der Waals surface area (Å²) >= 11 is 0. The molecule has 0 saturated heterocycles. The van der Waals surface area contributed by atoms with Crippen LogP contribution in [0.1, 0.15) is 48.4 Å². The number of nitrogens with one attached hydrogen (secondary N) is 1. The summed E-state index contributed by atoms with van der Waals surface area (Å²) in [4.78, 5) is 16.4. The molecular formula is C15H24N2O2. The molecule has 2 N–H and O–H groups in total. The average molecular weight is 264 g/mol. The zero-order valence-corrected chi connectivity index (χ0v) is 12.3. The molecule has 4 nitrogen and oxygen atoms in total. The standard InChI is InChI=1S/C15H24N2O2/c1-11-6-7-13(12(2)17-11)14(19)16-10-15(3,4)8-5-9-18/h6-7,18H,5,8-10H2,1-4H3,(H,16,19). The molecule has 1 aromatic heterocycles. The van der Waals surface area contributed by atoms with Crippen molar-refractivity contribution in [1.29, 1.82) is 0 Å². The molecule has 0 aromatic carbocycles. The third kappa shape index (κ3) is 4.99. The van der Waals surface area contributed by atoms with Crippen LogP contribution in [0.4, 0.5) is 0 Å². The number of amides is 1. The first-order valence-corrected chi connectivity index (χ1v) is 6.69. The fourth-order valence-corrected chi connectivity index (χ4v) is 1.99. The second-order valence-corrected chi connectivity index (χ2v) is 5.76. The predicted octanol–water partition coefficient (Wildman–Crippen LogP) is 2.23. The Bertz CT molecular complexity index is 442. The number of aliphatic hydroxyl groups excluding tert-OH is 1.